The average Bonchev–Trinajstić information content (AvgIpc) is 2.26. The van der Waals surface area contributed by atoms with Crippen LogP contribution < -0.4 is 11.1 Å². The van der Waals surface area contributed by atoms with Crippen LogP contribution in [0.25, 0.3) is 0 Å². The number of hydrogen-bond donors (Lipinski definition) is 2. The lowest BCUT2D eigenvalue weighted by molar-refractivity contribution is 0.0977. The van der Waals surface area contributed by atoms with Crippen molar-refractivity contribution in [3.63, 3.8) is 0 Å². The summed E-state index contributed by atoms with van der Waals surface area (Å²) in [6, 6.07) is 7.10. The van der Waals surface area contributed by atoms with E-state index in [-0.39, 0.29) is 11.9 Å². The summed E-state index contributed by atoms with van der Waals surface area (Å²) in [5.74, 6) is 0.404. The van der Waals surface area contributed by atoms with Gasteiger partial charge in [0.2, 0.25) is 5.96 Å². The Morgan fingerprint density at radius 2 is 2.06 bits per heavy atom. The number of nitrogens with two attached hydrogens (primary N) is 1. The number of amidine groups is 1. The molecule has 0 saturated carbocycles. The number of hydrogen-bond acceptors (Lipinski definition) is 4. The third-order valence-corrected chi connectivity index (χ3v) is 2.21. The van der Waals surface area contributed by atoms with Crippen molar-refractivity contribution in [1.82, 2.24) is 5.32 Å². The van der Waals surface area contributed by atoms with Gasteiger partial charge in [0, 0.05) is 6.42 Å². The standard InChI is InChI=1S/C11H12N4O/c1-2-9-13-8-6-4-3-5-7(8)10(16)15-11(12)14-9/h3-6H,2H2,1H3,(H3,12,13,14,15,16). The number of guanidine groups is 1. The van der Waals surface area contributed by atoms with Gasteiger partial charge in [0.15, 0.2) is 0 Å². The Bertz CT molecular complexity index is 491. The number of carbonyl (C=O) groups is 1. The molecule has 1 aromatic rings. The Kier molecular flexibility index (Phi) is 2.68. The van der Waals surface area contributed by atoms with Gasteiger partial charge in [-0.1, -0.05) is 19.1 Å². The molecule has 1 aliphatic heterocycles. The smallest absolute Gasteiger partial charge is 0.260 e. The van der Waals surface area contributed by atoms with Crippen LogP contribution in [-0.2, 0) is 0 Å². The fourth-order valence-corrected chi connectivity index (χ4v) is 1.44. The molecule has 0 aromatic heterocycles. The van der Waals surface area contributed by atoms with E-state index in [9.17, 15) is 4.79 Å². The second kappa shape index (κ2) is 4.14. The Morgan fingerprint density at radius 1 is 1.31 bits per heavy atom. The number of aliphatic imine (C=N–C) groups is 2. The number of nitrogens with zero attached hydrogens (tertiary/aromatic N) is 2. The third-order valence-electron chi connectivity index (χ3n) is 2.21. The molecular weight excluding hydrogens is 204 g/mol. The van der Waals surface area contributed by atoms with E-state index in [1.807, 2.05) is 13.0 Å². The average molecular weight is 216 g/mol. The molecule has 2 rings (SSSR count). The van der Waals surface area contributed by atoms with E-state index in [2.05, 4.69) is 15.3 Å². The summed E-state index contributed by atoms with van der Waals surface area (Å²) in [5.41, 5.74) is 6.68. The summed E-state index contributed by atoms with van der Waals surface area (Å²) in [7, 11) is 0. The highest BCUT2D eigenvalue weighted by Crippen LogP contribution is 2.20. The number of amides is 1. The molecule has 1 aliphatic rings. The number of fused-ring (bicyclic) bond motifs is 1. The van der Waals surface area contributed by atoms with Crippen molar-refractivity contribution in [3.8, 4) is 0 Å². The van der Waals surface area contributed by atoms with Gasteiger partial charge >= 0.3 is 0 Å². The number of benzene rings is 1. The molecule has 1 amide bonds. The van der Waals surface area contributed by atoms with Gasteiger partial charge < -0.3 is 5.73 Å². The van der Waals surface area contributed by atoms with Crippen LogP contribution in [0.4, 0.5) is 5.69 Å². The molecule has 1 aromatic carbocycles. The molecule has 0 aliphatic carbocycles. The SMILES string of the molecule is CCC1=Nc2ccccc2C(=O)NC(N)=N1. The van der Waals surface area contributed by atoms with Crippen molar-refractivity contribution in [3.05, 3.63) is 29.8 Å². The minimum absolute atomic E-state index is 0.0834. The van der Waals surface area contributed by atoms with Crippen LogP contribution in [-0.4, -0.2) is 17.7 Å². The predicted octanol–water partition coefficient (Wildman–Crippen LogP) is 1.18. The lowest BCUT2D eigenvalue weighted by atomic mass is 10.1. The van der Waals surface area contributed by atoms with Crippen molar-refractivity contribution < 1.29 is 4.79 Å². The Morgan fingerprint density at radius 3 is 2.81 bits per heavy atom. The maximum Gasteiger partial charge on any atom is 0.260 e. The molecule has 0 fully saturated rings. The second-order valence-electron chi connectivity index (χ2n) is 3.35. The quantitative estimate of drug-likeness (QED) is 0.739. The summed E-state index contributed by atoms with van der Waals surface area (Å²) in [6.07, 6.45) is 0.658. The first kappa shape index (κ1) is 10.4. The van der Waals surface area contributed by atoms with Crippen molar-refractivity contribution >= 4 is 23.4 Å². The van der Waals surface area contributed by atoms with E-state index in [0.717, 1.165) is 0 Å². The Hall–Kier alpha value is -2.17. The van der Waals surface area contributed by atoms with Crippen molar-refractivity contribution in [2.45, 2.75) is 13.3 Å². The Labute approximate surface area is 93.1 Å². The van der Waals surface area contributed by atoms with Crippen molar-refractivity contribution in [2.75, 3.05) is 0 Å². The monoisotopic (exact) mass is 216 g/mol. The van der Waals surface area contributed by atoms with Crippen LogP contribution in [0.5, 0.6) is 0 Å². The van der Waals surface area contributed by atoms with Gasteiger partial charge in [0.05, 0.1) is 11.3 Å². The molecule has 1 heterocycles. The van der Waals surface area contributed by atoms with Crippen LogP contribution in [0.1, 0.15) is 23.7 Å². The summed E-state index contributed by atoms with van der Waals surface area (Å²) in [4.78, 5) is 20.0. The van der Waals surface area contributed by atoms with Gasteiger partial charge in [-0.2, -0.15) is 4.99 Å². The molecule has 0 saturated heterocycles. The lowest BCUT2D eigenvalue weighted by Gasteiger charge is -2.11. The summed E-state index contributed by atoms with van der Waals surface area (Å²) >= 11 is 0. The molecule has 16 heavy (non-hydrogen) atoms. The first-order chi connectivity index (χ1) is 7.70. The molecule has 0 bridgehead atoms. The Balaban J connectivity index is 2.58. The number of rotatable bonds is 1. The first-order valence-electron chi connectivity index (χ1n) is 5.03. The van der Waals surface area contributed by atoms with E-state index in [1.54, 1.807) is 18.2 Å². The van der Waals surface area contributed by atoms with E-state index in [0.29, 0.717) is 23.5 Å². The number of nitrogens with one attached hydrogen (secondary N) is 1. The van der Waals surface area contributed by atoms with Crippen molar-refractivity contribution in [2.24, 2.45) is 15.7 Å². The van der Waals surface area contributed by atoms with Crippen LogP contribution in [0.15, 0.2) is 34.3 Å². The maximum absolute atomic E-state index is 11.7. The molecule has 0 radical (unpaired) electrons. The predicted molar refractivity (Wildman–Crippen MR) is 62.9 cm³/mol. The third kappa shape index (κ3) is 1.93. The van der Waals surface area contributed by atoms with E-state index < -0.39 is 0 Å². The summed E-state index contributed by atoms with van der Waals surface area (Å²) < 4.78 is 0. The molecule has 0 unspecified atom stereocenters. The minimum Gasteiger partial charge on any atom is -0.369 e. The fraction of sp³-hybridized carbons (Fsp3) is 0.182. The first-order valence-corrected chi connectivity index (χ1v) is 5.03. The van der Waals surface area contributed by atoms with Gasteiger partial charge in [-0.25, -0.2) is 4.99 Å². The molecule has 82 valence electrons. The highest BCUT2D eigenvalue weighted by molar-refractivity contribution is 6.12. The topological polar surface area (TPSA) is 79.8 Å². The van der Waals surface area contributed by atoms with Gasteiger partial charge in [-0.3, -0.25) is 10.1 Å². The van der Waals surface area contributed by atoms with E-state index in [4.69, 9.17) is 5.73 Å². The second-order valence-corrected chi connectivity index (χ2v) is 3.35. The zero-order chi connectivity index (χ0) is 11.5. The van der Waals surface area contributed by atoms with Gasteiger partial charge in [0.25, 0.3) is 5.91 Å². The number of carbonyl (C=O) groups excluding carboxylic acids is 1. The molecule has 0 spiro atoms. The van der Waals surface area contributed by atoms with Crippen molar-refractivity contribution in [1.29, 1.82) is 0 Å². The number of para-hydroxylation sites is 1. The van der Waals surface area contributed by atoms with Crippen LogP contribution in [0.2, 0.25) is 0 Å². The zero-order valence-corrected chi connectivity index (χ0v) is 8.90. The van der Waals surface area contributed by atoms with Crippen LogP contribution >= 0.6 is 0 Å². The zero-order valence-electron chi connectivity index (χ0n) is 8.90. The van der Waals surface area contributed by atoms with E-state index >= 15 is 0 Å². The fourth-order valence-electron chi connectivity index (χ4n) is 1.44. The highest BCUT2D eigenvalue weighted by atomic mass is 16.1. The normalized spacial score (nSPS) is 15.2. The lowest BCUT2D eigenvalue weighted by Crippen LogP contribution is -2.38. The summed E-state index contributed by atoms with van der Waals surface area (Å²) in [6.45, 7) is 1.93. The summed E-state index contributed by atoms with van der Waals surface area (Å²) in [5, 5.41) is 2.51. The molecule has 5 heteroatoms. The van der Waals surface area contributed by atoms with Gasteiger partial charge in [0.1, 0.15) is 5.84 Å². The maximum atomic E-state index is 11.7. The molecule has 3 N–H and O–H groups in total. The largest absolute Gasteiger partial charge is 0.369 e. The molecule has 5 nitrogen and oxygen atoms in total. The highest BCUT2D eigenvalue weighted by Gasteiger charge is 2.14. The van der Waals surface area contributed by atoms with Crippen LogP contribution in [0, 0.1) is 0 Å². The minimum atomic E-state index is -0.282. The van der Waals surface area contributed by atoms with Gasteiger partial charge in [-0.05, 0) is 12.1 Å². The molecular formula is C11H12N4O. The van der Waals surface area contributed by atoms with Gasteiger partial charge in [-0.15, -0.1) is 0 Å². The van der Waals surface area contributed by atoms with E-state index in [1.165, 1.54) is 0 Å². The van der Waals surface area contributed by atoms with Crippen LogP contribution in [0.3, 0.4) is 0 Å². The molecule has 0 atom stereocenters.